The van der Waals surface area contributed by atoms with Gasteiger partial charge in [-0.05, 0) is 44.5 Å². The van der Waals surface area contributed by atoms with E-state index in [0.29, 0.717) is 17.2 Å². The van der Waals surface area contributed by atoms with Crippen molar-refractivity contribution in [1.29, 1.82) is 0 Å². The molecule has 0 aliphatic heterocycles. The Morgan fingerprint density at radius 2 is 1.54 bits per heavy atom. The summed E-state index contributed by atoms with van der Waals surface area (Å²) in [6.45, 7) is 5.80. The first kappa shape index (κ1) is 17.6. The van der Waals surface area contributed by atoms with Gasteiger partial charge in [0, 0.05) is 11.4 Å². The van der Waals surface area contributed by atoms with Gasteiger partial charge in [-0.2, -0.15) is 0 Å². The molecule has 0 saturated carbocycles. The Morgan fingerprint density at radius 1 is 0.923 bits per heavy atom. The molecule has 0 saturated heterocycles. The minimum absolute atomic E-state index is 0.0887. The van der Waals surface area contributed by atoms with Crippen LogP contribution in [-0.4, -0.2) is 15.9 Å². The molecule has 1 aromatic heterocycles. The maximum absolute atomic E-state index is 12.8. The van der Waals surface area contributed by atoms with E-state index in [1.165, 1.54) is 0 Å². The van der Waals surface area contributed by atoms with E-state index in [0.717, 1.165) is 17.0 Å². The number of hydrogen-bond donors (Lipinski definition) is 2. The second-order valence-corrected chi connectivity index (χ2v) is 6.25. The molecule has 0 radical (unpaired) electrons. The molecular weight excluding hydrogens is 324 g/mol. The van der Waals surface area contributed by atoms with Crippen LogP contribution < -0.4 is 10.6 Å². The van der Waals surface area contributed by atoms with Crippen LogP contribution in [0.5, 0.6) is 0 Å². The first-order valence-corrected chi connectivity index (χ1v) is 8.57. The zero-order valence-electron chi connectivity index (χ0n) is 15.2. The number of carbonyl (C=O) groups is 1. The van der Waals surface area contributed by atoms with Crippen LogP contribution in [0.1, 0.15) is 40.3 Å². The van der Waals surface area contributed by atoms with Gasteiger partial charge in [-0.25, -0.2) is 9.97 Å². The molecule has 1 heterocycles. The van der Waals surface area contributed by atoms with E-state index < -0.39 is 0 Å². The van der Waals surface area contributed by atoms with Crippen molar-refractivity contribution in [3.8, 4) is 0 Å². The Kier molecular flexibility index (Phi) is 5.27. The van der Waals surface area contributed by atoms with E-state index in [9.17, 15) is 4.79 Å². The van der Waals surface area contributed by atoms with Crippen molar-refractivity contribution in [2.45, 2.75) is 26.8 Å². The molecule has 0 fully saturated rings. The van der Waals surface area contributed by atoms with Crippen LogP contribution >= 0.6 is 0 Å². The van der Waals surface area contributed by atoms with Gasteiger partial charge in [-0.1, -0.05) is 42.5 Å². The van der Waals surface area contributed by atoms with Crippen LogP contribution in [0, 0.1) is 13.8 Å². The molecule has 0 bridgehead atoms. The SMILES string of the molecule is Cc1cc(C)nc(Nc2ccccc2C(=O)N[C@H](C)c2ccccc2)n1. The molecule has 0 spiro atoms. The topological polar surface area (TPSA) is 66.9 Å². The smallest absolute Gasteiger partial charge is 0.253 e. The lowest BCUT2D eigenvalue weighted by molar-refractivity contribution is 0.0940. The maximum Gasteiger partial charge on any atom is 0.253 e. The van der Waals surface area contributed by atoms with Crippen LogP contribution in [0.15, 0.2) is 60.7 Å². The molecule has 2 aromatic carbocycles. The van der Waals surface area contributed by atoms with Gasteiger partial charge in [-0.15, -0.1) is 0 Å². The second-order valence-electron chi connectivity index (χ2n) is 6.25. The van der Waals surface area contributed by atoms with E-state index in [-0.39, 0.29) is 11.9 Å². The number of anilines is 2. The number of para-hydroxylation sites is 1. The number of aryl methyl sites for hydroxylation is 2. The molecule has 5 nitrogen and oxygen atoms in total. The lowest BCUT2D eigenvalue weighted by atomic mass is 10.1. The molecule has 26 heavy (non-hydrogen) atoms. The number of carbonyl (C=O) groups excluding carboxylic acids is 1. The summed E-state index contributed by atoms with van der Waals surface area (Å²) in [5, 5.41) is 6.21. The summed E-state index contributed by atoms with van der Waals surface area (Å²) in [6.07, 6.45) is 0. The molecule has 132 valence electrons. The molecule has 3 aromatic rings. The Morgan fingerprint density at radius 3 is 2.23 bits per heavy atom. The van der Waals surface area contributed by atoms with Crippen molar-refractivity contribution in [2.24, 2.45) is 0 Å². The number of nitrogens with one attached hydrogen (secondary N) is 2. The van der Waals surface area contributed by atoms with E-state index in [4.69, 9.17) is 0 Å². The lowest BCUT2D eigenvalue weighted by Crippen LogP contribution is -2.27. The van der Waals surface area contributed by atoms with E-state index in [1.807, 2.05) is 75.4 Å². The van der Waals surface area contributed by atoms with Gasteiger partial charge in [0.25, 0.3) is 5.91 Å². The van der Waals surface area contributed by atoms with Crippen LogP contribution in [-0.2, 0) is 0 Å². The highest BCUT2D eigenvalue weighted by atomic mass is 16.1. The minimum Gasteiger partial charge on any atom is -0.345 e. The monoisotopic (exact) mass is 346 g/mol. The highest BCUT2D eigenvalue weighted by Gasteiger charge is 2.15. The van der Waals surface area contributed by atoms with Crippen LogP contribution in [0.25, 0.3) is 0 Å². The first-order chi connectivity index (χ1) is 12.5. The van der Waals surface area contributed by atoms with Crippen LogP contribution in [0.3, 0.4) is 0 Å². The van der Waals surface area contributed by atoms with Gasteiger partial charge in [0.2, 0.25) is 5.95 Å². The number of amides is 1. The molecule has 1 amide bonds. The average Bonchev–Trinajstić information content (AvgIpc) is 2.62. The average molecular weight is 346 g/mol. The summed E-state index contributed by atoms with van der Waals surface area (Å²) in [7, 11) is 0. The van der Waals surface area contributed by atoms with Crippen molar-refractivity contribution in [3.05, 3.63) is 83.2 Å². The Labute approximate surface area is 153 Å². The summed E-state index contributed by atoms with van der Waals surface area (Å²) >= 11 is 0. The third kappa shape index (κ3) is 4.25. The van der Waals surface area contributed by atoms with Crippen LogP contribution in [0.2, 0.25) is 0 Å². The number of hydrogen-bond acceptors (Lipinski definition) is 4. The van der Waals surface area contributed by atoms with Crippen molar-refractivity contribution in [2.75, 3.05) is 5.32 Å². The quantitative estimate of drug-likeness (QED) is 0.722. The van der Waals surface area contributed by atoms with Crippen LogP contribution in [0.4, 0.5) is 11.6 Å². The zero-order valence-corrected chi connectivity index (χ0v) is 15.2. The van der Waals surface area contributed by atoms with E-state index >= 15 is 0 Å². The first-order valence-electron chi connectivity index (χ1n) is 8.57. The fourth-order valence-corrected chi connectivity index (χ4v) is 2.79. The molecule has 3 rings (SSSR count). The largest absolute Gasteiger partial charge is 0.345 e. The highest BCUT2D eigenvalue weighted by molar-refractivity contribution is 6.00. The summed E-state index contributed by atoms with van der Waals surface area (Å²) in [6, 6.07) is 19.1. The molecule has 0 aliphatic rings. The third-order valence-electron chi connectivity index (χ3n) is 4.05. The Balaban J connectivity index is 1.81. The fourth-order valence-electron chi connectivity index (χ4n) is 2.79. The fraction of sp³-hybridized carbons (Fsp3) is 0.190. The van der Waals surface area contributed by atoms with Gasteiger partial charge < -0.3 is 10.6 Å². The molecule has 5 heteroatoms. The molecule has 0 unspecified atom stereocenters. The number of aromatic nitrogens is 2. The summed E-state index contributed by atoms with van der Waals surface area (Å²) < 4.78 is 0. The summed E-state index contributed by atoms with van der Waals surface area (Å²) in [5.74, 6) is 0.340. The van der Waals surface area contributed by atoms with E-state index in [1.54, 1.807) is 6.07 Å². The standard InChI is InChI=1S/C21H22N4O/c1-14-13-15(2)23-21(22-14)25-19-12-8-7-11-18(19)20(26)24-16(3)17-9-5-4-6-10-17/h4-13,16H,1-3H3,(H,24,26)(H,22,23,25)/t16-/m1/s1. The zero-order chi connectivity index (χ0) is 18.5. The highest BCUT2D eigenvalue weighted by Crippen LogP contribution is 2.20. The van der Waals surface area contributed by atoms with E-state index in [2.05, 4.69) is 20.6 Å². The number of nitrogens with zero attached hydrogens (tertiary/aromatic N) is 2. The van der Waals surface area contributed by atoms with Crippen molar-refractivity contribution in [1.82, 2.24) is 15.3 Å². The number of rotatable bonds is 5. The number of benzene rings is 2. The molecule has 2 N–H and O–H groups in total. The predicted octanol–water partition coefficient (Wildman–Crippen LogP) is 4.33. The molecule has 0 aliphatic carbocycles. The van der Waals surface area contributed by atoms with Crippen molar-refractivity contribution in [3.63, 3.8) is 0 Å². The summed E-state index contributed by atoms with van der Waals surface area (Å²) in [5.41, 5.74) is 4.04. The summed E-state index contributed by atoms with van der Waals surface area (Å²) in [4.78, 5) is 21.6. The van der Waals surface area contributed by atoms with Gasteiger partial charge in [0.1, 0.15) is 0 Å². The van der Waals surface area contributed by atoms with Crippen molar-refractivity contribution >= 4 is 17.5 Å². The minimum atomic E-state index is -0.145. The Bertz CT molecular complexity index is 889. The Hall–Kier alpha value is -3.21. The van der Waals surface area contributed by atoms with Gasteiger partial charge in [0.05, 0.1) is 17.3 Å². The second kappa shape index (κ2) is 7.78. The van der Waals surface area contributed by atoms with Crippen molar-refractivity contribution < 1.29 is 4.79 Å². The molecular formula is C21H22N4O. The normalized spacial score (nSPS) is 11.7. The van der Waals surface area contributed by atoms with Gasteiger partial charge in [-0.3, -0.25) is 4.79 Å². The maximum atomic E-state index is 12.8. The molecule has 1 atom stereocenters. The van der Waals surface area contributed by atoms with Gasteiger partial charge in [0.15, 0.2) is 0 Å². The lowest BCUT2D eigenvalue weighted by Gasteiger charge is -2.16. The van der Waals surface area contributed by atoms with Gasteiger partial charge >= 0.3 is 0 Å². The third-order valence-corrected chi connectivity index (χ3v) is 4.05. The predicted molar refractivity (Wildman–Crippen MR) is 104 cm³/mol.